The zero-order chi connectivity index (χ0) is 16.0. The minimum absolute atomic E-state index is 0.0694. The zero-order valence-corrected chi connectivity index (χ0v) is 12.0. The van der Waals surface area contributed by atoms with Crippen molar-refractivity contribution < 1.29 is 44.4 Å². The van der Waals surface area contributed by atoms with Crippen molar-refractivity contribution in [1.29, 1.82) is 0 Å². The molecular formula is C9H24NO9P. The van der Waals surface area contributed by atoms with Gasteiger partial charge in [0.1, 0.15) is 6.10 Å². The van der Waals surface area contributed by atoms with Crippen molar-refractivity contribution in [1.82, 2.24) is 4.90 Å². The maximum absolute atomic E-state index is 9.93. The maximum atomic E-state index is 9.93. The Kier molecular flexibility index (Phi) is 15.3. The summed E-state index contributed by atoms with van der Waals surface area (Å²) in [6, 6.07) is 0. The van der Waals surface area contributed by atoms with Gasteiger partial charge in [0.25, 0.3) is 0 Å². The molecule has 11 heteroatoms. The molecule has 124 valence electrons. The zero-order valence-electron chi connectivity index (χ0n) is 11.1. The van der Waals surface area contributed by atoms with Crippen LogP contribution < -0.4 is 0 Å². The molecule has 0 aliphatic heterocycles. The van der Waals surface area contributed by atoms with Gasteiger partial charge in [-0.25, -0.2) is 4.57 Å². The highest BCUT2D eigenvalue weighted by atomic mass is 31.2. The number of phosphoric ester groups is 1. The largest absolute Gasteiger partial charge is 0.469 e. The van der Waals surface area contributed by atoms with Crippen molar-refractivity contribution in [2.45, 2.75) is 6.10 Å². The van der Waals surface area contributed by atoms with Crippen LogP contribution in [0.15, 0.2) is 0 Å². The summed E-state index contributed by atoms with van der Waals surface area (Å²) in [4.78, 5) is 17.9. The molecule has 0 bridgehead atoms. The van der Waals surface area contributed by atoms with Crippen molar-refractivity contribution in [2.75, 3.05) is 52.7 Å². The lowest BCUT2D eigenvalue weighted by Crippen LogP contribution is -2.32. The Labute approximate surface area is 117 Å². The van der Waals surface area contributed by atoms with E-state index in [0.717, 1.165) is 0 Å². The van der Waals surface area contributed by atoms with Crippen LogP contribution in [-0.2, 0) is 9.09 Å². The summed E-state index contributed by atoms with van der Waals surface area (Å²) in [5, 5.41) is 42.1. The molecule has 0 heterocycles. The average Bonchev–Trinajstić information content (AvgIpc) is 2.37. The van der Waals surface area contributed by atoms with Gasteiger partial charge in [0.05, 0.1) is 33.0 Å². The normalized spacial score (nSPS) is 13.0. The molecule has 0 aromatic rings. The van der Waals surface area contributed by atoms with Gasteiger partial charge >= 0.3 is 7.82 Å². The van der Waals surface area contributed by atoms with Crippen LogP contribution in [0.5, 0.6) is 0 Å². The van der Waals surface area contributed by atoms with E-state index < -0.39 is 27.1 Å². The molecule has 0 aliphatic carbocycles. The molecule has 0 radical (unpaired) electrons. The van der Waals surface area contributed by atoms with Crippen LogP contribution in [-0.4, -0.2) is 99.0 Å². The predicted molar refractivity (Wildman–Crippen MR) is 68.8 cm³/mol. The number of nitrogens with zero attached hydrogens (tertiary/aromatic N) is 1. The summed E-state index contributed by atoms with van der Waals surface area (Å²) < 4.78 is 13.8. The molecule has 1 atom stereocenters. The van der Waals surface area contributed by atoms with Crippen molar-refractivity contribution in [3.63, 3.8) is 0 Å². The van der Waals surface area contributed by atoms with Crippen LogP contribution in [0.4, 0.5) is 0 Å². The van der Waals surface area contributed by atoms with Gasteiger partial charge in [0.15, 0.2) is 0 Å². The van der Waals surface area contributed by atoms with Gasteiger partial charge in [0.2, 0.25) is 0 Å². The molecule has 10 nitrogen and oxygen atoms in total. The smallest absolute Gasteiger partial charge is 0.395 e. The highest BCUT2D eigenvalue weighted by molar-refractivity contribution is 7.46. The van der Waals surface area contributed by atoms with Gasteiger partial charge in [-0.15, -0.1) is 0 Å². The lowest BCUT2D eigenvalue weighted by atomic mass is 10.4. The Morgan fingerprint density at radius 3 is 1.60 bits per heavy atom. The number of phosphoric acid groups is 1. The molecule has 0 saturated carbocycles. The minimum Gasteiger partial charge on any atom is -0.395 e. The van der Waals surface area contributed by atoms with Crippen molar-refractivity contribution >= 4 is 7.82 Å². The van der Waals surface area contributed by atoms with Gasteiger partial charge in [-0.3, -0.25) is 9.42 Å². The highest BCUT2D eigenvalue weighted by Crippen LogP contribution is 2.35. The first kappa shape index (κ1) is 22.2. The lowest BCUT2D eigenvalue weighted by Gasteiger charge is -2.17. The van der Waals surface area contributed by atoms with Crippen LogP contribution in [0.25, 0.3) is 0 Å². The first-order valence-electron chi connectivity index (χ1n) is 5.84. The van der Waals surface area contributed by atoms with E-state index in [4.69, 9.17) is 35.3 Å². The summed E-state index contributed by atoms with van der Waals surface area (Å²) >= 11 is 0. The summed E-state index contributed by atoms with van der Waals surface area (Å²) in [7, 11) is -4.50. The summed E-state index contributed by atoms with van der Waals surface area (Å²) in [5.74, 6) is 0. The molecule has 0 rings (SSSR count). The topological polar surface area (TPSA) is 171 Å². The molecule has 0 aromatic carbocycles. The Hall–Kier alpha value is -0.130. The molecule has 0 aromatic heterocycles. The number of aliphatic hydroxyl groups excluding tert-OH is 5. The third-order valence-corrected chi connectivity index (χ3v) is 2.38. The van der Waals surface area contributed by atoms with Gasteiger partial charge < -0.3 is 35.3 Å². The van der Waals surface area contributed by atoms with E-state index in [1.165, 1.54) is 0 Å². The molecule has 20 heavy (non-hydrogen) atoms. The third kappa shape index (κ3) is 17.9. The highest BCUT2D eigenvalue weighted by Gasteiger charge is 2.15. The molecule has 0 saturated heterocycles. The summed E-state index contributed by atoms with van der Waals surface area (Å²) in [6.07, 6.45) is -1.24. The number of rotatable bonds is 10. The van der Waals surface area contributed by atoms with Crippen LogP contribution in [0.1, 0.15) is 0 Å². The molecule has 1 unspecified atom stereocenters. The number of aliphatic hydroxyl groups is 5. The first-order valence-corrected chi connectivity index (χ1v) is 7.37. The van der Waals surface area contributed by atoms with E-state index in [0.29, 0.717) is 19.6 Å². The van der Waals surface area contributed by atoms with E-state index in [1.54, 1.807) is 4.90 Å². The second-order valence-electron chi connectivity index (χ2n) is 3.64. The third-order valence-electron chi connectivity index (χ3n) is 1.89. The first-order chi connectivity index (χ1) is 9.30. The maximum Gasteiger partial charge on any atom is 0.469 e. The Balaban J connectivity index is 0. The van der Waals surface area contributed by atoms with E-state index in [9.17, 15) is 4.57 Å². The van der Waals surface area contributed by atoms with Gasteiger partial charge in [-0.05, 0) is 0 Å². The van der Waals surface area contributed by atoms with Gasteiger partial charge in [0, 0.05) is 19.6 Å². The van der Waals surface area contributed by atoms with Gasteiger partial charge in [-0.2, -0.15) is 0 Å². The molecule has 0 spiro atoms. The fourth-order valence-corrected chi connectivity index (χ4v) is 1.36. The second-order valence-corrected chi connectivity index (χ2v) is 4.87. The monoisotopic (exact) mass is 321 g/mol. The summed E-state index contributed by atoms with van der Waals surface area (Å²) in [6.45, 7) is 0.601. The molecule has 7 N–H and O–H groups in total. The van der Waals surface area contributed by atoms with Crippen LogP contribution >= 0.6 is 7.82 Å². The van der Waals surface area contributed by atoms with Crippen molar-refractivity contribution in [2.24, 2.45) is 0 Å². The number of hydrogen-bond donors (Lipinski definition) is 7. The van der Waals surface area contributed by atoms with Crippen LogP contribution in [0.2, 0.25) is 0 Å². The SMILES string of the molecule is O=P(O)(O)OCC(O)CO.OCCN(CCO)CCO. The fourth-order valence-electron chi connectivity index (χ4n) is 0.996. The van der Waals surface area contributed by atoms with E-state index in [1.807, 2.05) is 0 Å². The molecule has 0 amide bonds. The number of hydrogen-bond acceptors (Lipinski definition) is 8. The summed E-state index contributed by atoms with van der Waals surface area (Å²) in [5.41, 5.74) is 0. The van der Waals surface area contributed by atoms with Crippen molar-refractivity contribution in [3.05, 3.63) is 0 Å². The fraction of sp³-hybridized carbons (Fsp3) is 1.00. The molecule has 0 aliphatic rings. The second kappa shape index (κ2) is 13.8. The van der Waals surface area contributed by atoms with Crippen molar-refractivity contribution in [3.8, 4) is 0 Å². The van der Waals surface area contributed by atoms with E-state index in [-0.39, 0.29) is 19.8 Å². The standard InChI is InChI=1S/C6H15NO3.C3H9O6P/c8-4-1-7(2-5-9)3-6-10;4-1-3(5)2-9-10(6,7)8/h8-10H,1-6H2;3-5H,1-2H2,(H2,6,7,8). The Morgan fingerprint density at radius 2 is 1.35 bits per heavy atom. The van der Waals surface area contributed by atoms with E-state index >= 15 is 0 Å². The quantitative estimate of drug-likeness (QED) is 0.202. The van der Waals surface area contributed by atoms with E-state index in [2.05, 4.69) is 4.52 Å². The molecule has 0 fully saturated rings. The van der Waals surface area contributed by atoms with Gasteiger partial charge in [-0.1, -0.05) is 0 Å². The average molecular weight is 321 g/mol. The Bertz CT molecular complexity index is 235. The Morgan fingerprint density at radius 1 is 0.950 bits per heavy atom. The predicted octanol–water partition coefficient (Wildman–Crippen LogP) is -3.29. The lowest BCUT2D eigenvalue weighted by molar-refractivity contribution is 0.0419. The molecular weight excluding hydrogens is 297 g/mol. The minimum atomic E-state index is -4.50. The van der Waals surface area contributed by atoms with Crippen LogP contribution in [0, 0.1) is 0 Å². The van der Waals surface area contributed by atoms with Crippen LogP contribution in [0.3, 0.4) is 0 Å².